The molecular weight excluding hydrogens is 245 g/mol. The molecule has 16 heavy (non-hydrogen) atoms. The second kappa shape index (κ2) is 4.90. The molecule has 1 aliphatic heterocycles. The van der Waals surface area contributed by atoms with Crippen LogP contribution < -0.4 is 11.1 Å². The number of hydrogen-bond acceptors (Lipinski definition) is 3. The summed E-state index contributed by atoms with van der Waals surface area (Å²) in [6, 6.07) is 5.73. The lowest BCUT2D eigenvalue weighted by Crippen LogP contribution is -2.43. The minimum atomic E-state index is -0.123. The largest absolute Gasteiger partial charge is 0.303 e. The Kier molecular flexibility index (Phi) is 3.72. The van der Waals surface area contributed by atoms with Crippen molar-refractivity contribution in [2.45, 2.75) is 19.3 Å². The van der Waals surface area contributed by atoms with Gasteiger partial charge in [-0.2, -0.15) is 0 Å². The molecule has 3 nitrogen and oxygen atoms in total. The van der Waals surface area contributed by atoms with Crippen LogP contribution in [0.15, 0.2) is 18.2 Å². The highest BCUT2D eigenvalue weighted by Crippen LogP contribution is 2.35. The molecule has 1 heterocycles. The van der Waals surface area contributed by atoms with Gasteiger partial charge in [0.2, 0.25) is 0 Å². The SMILES string of the molecule is CCN1C(N)NCC1c1c(Cl)cccc1Cl. The molecular formula is C11H15Cl2N3. The van der Waals surface area contributed by atoms with Gasteiger partial charge in [0.05, 0.1) is 6.04 Å². The molecule has 0 saturated carbocycles. The average Bonchev–Trinajstić information content (AvgIpc) is 2.59. The number of nitrogens with zero attached hydrogens (tertiary/aromatic N) is 1. The Morgan fingerprint density at radius 3 is 2.62 bits per heavy atom. The van der Waals surface area contributed by atoms with Gasteiger partial charge in [-0.15, -0.1) is 0 Å². The zero-order chi connectivity index (χ0) is 11.7. The molecule has 1 aromatic carbocycles. The predicted molar refractivity (Wildman–Crippen MR) is 67.6 cm³/mol. The summed E-state index contributed by atoms with van der Waals surface area (Å²) < 4.78 is 0. The van der Waals surface area contributed by atoms with Crippen molar-refractivity contribution in [1.29, 1.82) is 0 Å². The molecule has 5 heteroatoms. The van der Waals surface area contributed by atoms with E-state index >= 15 is 0 Å². The van der Waals surface area contributed by atoms with Crippen LogP contribution in [0.2, 0.25) is 10.0 Å². The fraction of sp³-hybridized carbons (Fsp3) is 0.455. The van der Waals surface area contributed by atoms with Gasteiger partial charge >= 0.3 is 0 Å². The Hall–Kier alpha value is -0.320. The van der Waals surface area contributed by atoms with E-state index in [2.05, 4.69) is 17.1 Å². The normalized spacial score (nSPS) is 26.2. The Morgan fingerprint density at radius 2 is 2.06 bits per heavy atom. The average molecular weight is 260 g/mol. The van der Waals surface area contributed by atoms with Crippen molar-refractivity contribution in [3.05, 3.63) is 33.8 Å². The first-order valence-corrected chi connectivity index (χ1v) is 6.09. The number of likely N-dealkylation sites (N-methyl/N-ethyl adjacent to an activating group) is 1. The number of rotatable bonds is 2. The topological polar surface area (TPSA) is 41.3 Å². The van der Waals surface area contributed by atoms with Crippen molar-refractivity contribution in [3.8, 4) is 0 Å². The van der Waals surface area contributed by atoms with Crippen LogP contribution in [0.1, 0.15) is 18.5 Å². The fourth-order valence-electron chi connectivity index (χ4n) is 2.17. The van der Waals surface area contributed by atoms with Crippen molar-refractivity contribution in [2.75, 3.05) is 13.1 Å². The van der Waals surface area contributed by atoms with Gasteiger partial charge in [-0.1, -0.05) is 36.2 Å². The molecule has 2 unspecified atom stereocenters. The molecule has 1 saturated heterocycles. The molecule has 0 bridgehead atoms. The van der Waals surface area contributed by atoms with Crippen LogP contribution in [0, 0.1) is 0 Å². The summed E-state index contributed by atoms with van der Waals surface area (Å²) in [5, 5.41) is 4.61. The van der Waals surface area contributed by atoms with Crippen LogP contribution in [-0.2, 0) is 0 Å². The highest BCUT2D eigenvalue weighted by atomic mass is 35.5. The summed E-state index contributed by atoms with van der Waals surface area (Å²) in [4.78, 5) is 2.15. The third-order valence-corrected chi connectivity index (χ3v) is 3.64. The fourth-order valence-corrected chi connectivity index (χ4v) is 2.82. The maximum atomic E-state index is 6.20. The summed E-state index contributed by atoms with van der Waals surface area (Å²) in [5.41, 5.74) is 6.91. The first kappa shape index (κ1) is 12.1. The van der Waals surface area contributed by atoms with Crippen LogP contribution in [-0.4, -0.2) is 24.3 Å². The Bertz CT molecular complexity index is 363. The van der Waals surface area contributed by atoms with E-state index in [-0.39, 0.29) is 12.3 Å². The van der Waals surface area contributed by atoms with Crippen molar-refractivity contribution in [2.24, 2.45) is 5.73 Å². The molecule has 2 atom stereocenters. The molecule has 0 radical (unpaired) electrons. The van der Waals surface area contributed by atoms with Gasteiger partial charge < -0.3 is 5.73 Å². The molecule has 0 amide bonds. The first-order valence-electron chi connectivity index (χ1n) is 5.33. The smallest absolute Gasteiger partial charge is 0.112 e. The van der Waals surface area contributed by atoms with Crippen molar-refractivity contribution in [3.63, 3.8) is 0 Å². The minimum Gasteiger partial charge on any atom is -0.303 e. The zero-order valence-electron chi connectivity index (χ0n) is 9.08. The monoisotopic (exact) mass is 259 g/mol. The van der Waals surface area contributed by atoms with E-state index < -0.39 is 0 Å². The molecule has 2 rings (SSSR count). The summed E-state index contributed by atoms with van der Waals surface area (Å²) in [7, 11) is 0. The highest BCUT2D eigenvalue weighted by molar-refractivity contribution is 6.36. The Morgan fingerprint density at radius 1 is 1.44 bits per heavy atom. The third-order valence-electron chi connectivity index (χ3n) is 2.98. The third kappa shape index (κ3) is 2.06. The standard InChI is InChI=1S/C11H15Cl2N3/c1-2-16-9(6-15-11(16)14)10-7(12)4-3-5-8(10)13/h3-5,9,11,15H,2,6,14H2,1H3. The summed E-state index contributed by atoms with van der Waals surface area (Å²) in [6.07, 6.45) is -0.123. The molecule has 1 aromatic rings. The maximum absolute atomic E-state index is 6.20. The number of nitrogens with two attached hydrogens (primary N) is 1. The second-order valence-electron chi connectivity index (χ2n) is 3.83. The van der Waals surface area contributed by atoms with Crippen molar-refractivity contribution in [1.82, 2.24) is 10.2 Å². The molecule has 0 spiro atoms. The van der Waals surface area contributed by atoms with Crippen LogP contribution in [0.5, 0.6) is 0 Å². The lowest BCUT2D eigenvalue weighted by molar-refractivity contribution is 0.204. The van der Waals surface area contributed by atoms with Crippen LogP contribution >= 0.6 is 23.2 Å². The van der Waals surface area contributed by atoms with Crippen LogP contribution in [0.25, 0.3) is 0 Å². The summed E-state index contributed by atoms with van der Waals surface area (Å²) in [6.45, 7) is 3.71. The molecule has 1 fully saturated rings. The summed E-state index contributed by atoms with van der Waals surface area (Å²) >= 11 is 12.4. The first-order chi connectivity index (χ1) is 7.65. The van der Waals surface area contributed by atoms with Crippen molar-refractivity contribution < 1.29 is 0 Å². The van der Waals surface area contributed by atoms with E-state index in [4.69, 9.17) is 28.9 Å². The molecule has 3 N–H and O–H groups in total. The molecule has 0 aliphatic carbocycles. The second-order valence-corrected chi connectivity index (χ2v) is 4.65. The number of nitrogens with one attached hydrogen (secondary N) is 1. The van der Waals surface area contributed by atoms with Gasteiger partial charge in [-0.3, -0.25) is 10.2 Å². The highest BCUT2D eigenvalue weighted by Gasteiger charge is 2.32. The lowest BCUT2D eigenvalue weighted by atomic mass is 10.1. The lowest BCUT2D eigenvalue weighted by Gasteiger charge is -2.26. The zero-order valence-corrected chi connectivity index (χ0v) is 10.6. The van der Waals surface area contributed by atoms with Gasteiger partial charge in [-0.05, 0) is 18.7 Å². The number of benzene rings is 1. The van der Waals surface area contributed by atoms with Crippen LogP contribution in [0.4, 0.5) is 0 Å². The summed E-state index contributed by atoms with van der Waals surface area (Å²) in [5.74, 6) is 0. The van der Waals surface area contributed by atoms with Gasteiger partial charge in [0, 0.05) is 22.2 Å². The van der Waals surface area contributed by atoms with E-state index in [0.717, 1.165) is 18.7 Å². The van der Waals surface area contributed by atoms with E-state index in [9.17, 15) is 0 Å². The van der Waals surface area contributed by atoms with Gasteiger partial charge in [-0.25, -0.2) is 0 Å². The van der Waals surface area contributed by atoms with Crippen molar-refractivity contribution >= 4 is 23.2 Å². The molecule has 88 valence electrons. The van der Waals surface area contributed by atoms with E-state index in [1.54, 1.807) is 0 Å². The van der Waals surface area contributed by atoms with E-state index in [1.165, 1.54) is 0 Å². The van der Waals surface area contributed by atoms with Gasteiger partial charge in [0.25, 0.3) is 0 Å². The maximum Gasteiger partial charge on any atom is 0.112 e. The minimum absolute atomic E-state index is 0.123. The quantitative estimate of drug-likeness (QED) is 0.856. The predicted octanol–water partition coefficient (Wildman–Crippen LogP) is 2.20. The van der Waals surface area contributed by atoms with Crippen LogP contribution in [0.3, 0.4) is 0 Å². The molecule has 0 aromatic heterocycles. The number of hydrogen-bond donors (Lipinski definition) is 2. The Balaban J connectivity index is 2.37. The van der Waals surface area contributed by atoms with E-state index in [1.807, 2.05) is 18.2 Å². The van der Waals surface area contributed by atoms with Gasteiger partial charge in [0.15, 0.2) is 0 Å². The Labute approximate surface area is 106 Å². The number of halogens is 2. The molecule has 1 aliphatic rings. The van der Waals surface area contributed by atoms with E-state index in [0.29, 0.717) is 10.0 Å². The van der Waals surface area contributed by atoms with Gasteiger partial charge in [0.1, 0.15) is 6.29 Å².